The molecule has 1 saturated heterocycles. The monoisotopic (exact) mass is 377 g/mol. The van der Waals surface area contributed by atoms with Gasteiger partial charge in [-0.1, -0.05) is 18.2 Å². The van der Waals surface area contributed by atoms with E-state index in [2.05, 4.69) is 10.4 Å². The second-order valence-electron chi connectivity index (χ2n) is 6.25. The Bertz CT molecular complexity index is 768. The molecule has 1 fully saturated rings. The van der Waals surface area contributed by atoms with Gasteiger partial charge in [-0.25, -0.2) is 4.68 Å². The van der Waals surface area contributed by atoms with E-state index in [0.29, 0.717) is 24.5 Å². The Labute approximate surface area is 159 Å². The highest BCUT2D eigenvalue weighted by atomic mass is 35.5. The van der Waals surface area contributed by atoms with Crippen LogP contribution in [-0.4, -0.2) is 46.1 Å². The van der Waals surface area contributed by atoms with Crippen LogP contribution in [0.3, 0.4) is 0 Å². The summed E-state index contributed by atoms with van der Waals surface area (Å²) in [6.07, 6.45) is 3.27. The van der Waals surface area contributed by atoms with Crippen LogP contribution in [0.1, 0.15) is 34.8 Å². The van der Waals surface area contributed by atoms with Gasteiger partial charge >= 0.3 is 0 Å². The van der Waals surface area contributed by atoms with Gasteiger partial charge in [0.05, 0.1) is 18.8 Å². The van der Waals surface area contributed by atoms with Crippen LogP contribution >= 0.6 is 12.4 Å². The number of amides is 2. The second kappa shape index (κ2) is 8.82. The molecule has 0 unspecified atom stereocenters. The lowest BCUT2D eigenvalue weighted by atomic mass is 10.1. The molecule has 3 rings (SSSR count). The average Bonchev–Trinajstić information content (AvgIpc) is 3.09. The fourth-order valence-corrected chi connectivity index (χ4v) is 3.20. The van der Waals surface area contributed by atoms with Crippen LogP contribution in [0.2, 0.25) is 0 Å². The highest BCUT2D eigenvalue weighted by Crippen LogP contribution is 2.25. The normalized spacial score (nSPS) is 14.6. The number of hydrogen-bond acceptors (Lipinski definition) is 4. The summed E-state index contributed by atoms with van der Waals surface area (Å²) in [4.78, 5) is 26.0. The van der Waals surface area contributed by atoms with E-state index in [1.165, 1.54) is 0 Å². The Morgan fingerprint density at radius 2 is 1.92 bits per heavy atom. The van der Waals surface area contributed by atoms with E-state index >= 15 is 0 Å². The lowest BCUT2D eigenvalue weighted by molar-refractivity contribution is -0.130. The van der Waals surface area contributed by atoms with E-state index in [1.807, 2.05) is 35.9 Å². The number of piperidine rings is 1. The number of aromatic nitrogens is 2. The van der Waals surface area contributed by atoms with Crippen LogP contribution in [0.4, 0.5) is 5.82 Å². The van der Waals surface area contributed by atoms with E-state index < -0.39 is 0 Å². The molecule has 0 spiro atoms. The SMILES string of the molecule is Cc1ccccc1C(=O)Nc1ccnn1C1CCN(C(=O)CN)CC1.Cl. The molecule has 0 bridgehead atoms. The molecular weight excluding hydrogens is 354 g/mol. The van der Waals surface area contributed by atoms with E-state index in [-0.39, 0.29) is 36.8 Å². The summed E-state index contributed by atoms with van der Waals surface area (Å²) < 4.78 is 1.85. The zero-order valence-corrected chi connectivity index (χ0v) is 15.5. The smallest absolute Gasteiger partial charge is 0.257 e. The van der Waals surface area contributed by atoms with Crippen LogP contribution in [0.5, 0.6) is 0 Å². The molecule has 7 nitrogen and oxygen atoms in total. The van der Waals surface area contributed by atoms with E-state index in [1.54, 1.807) is 17.2 Å². The Morgan fingerprint density at radius 1 is 1.23 bits per heavy atom. The molecule has 1 aromatic heterocycles. The fraction of sp³-hybridized carbons (Fsp3) is 0.389. The number of anilines is 1. The van der Waals surface area contributed by atoms with Gasteiger partial charge in [-0.05, 0) is 31.4 Å². The summed E-state index contributed by atoms with van der Waals surface area (Å²) in [7, 11) is 0. The van der Waals surface area contributed by atoms with Crippen molar-refractivity contribution in [2.45, 2.75) is 25.8 Å². The number of nitrogens with zero attached hydrogens (tertiary/aromatic N) is 3. The summed E-state index contributed by atoms with van der Waals surface area (Å²) >= 11 is 0. The van der Waals surface area contributed by atoms with Crippen LogP contribution < -0.4 is 11.1 Å². The molecule has 0 saturated carbocycles. The molecule has 140 valence electrons. The van der Waals surface area contributed by atoms with Gasteiger partial charge in [-0.2, -0.15) is 5.10 Å². The van der Waals surface area contributed by atoms with Gasteiger partial charge < -0.3 is 16.0 Å². The molecule has 2 heterocycles. The molecule has 3 N–H and O–H groups in total. The predicted octanol–water partition coefficient (Wildman–Crippen LogP) is 1.99. The standard InChI is InChI=1S/C18H23N5O2.ClH/c1-13-4-2-3-5-15(13)18(25)21-16-6-9-20-23(16)14-7-10-22(11-8-14)17(24)12-19;/h2-6,9,14H,7-8,10-12,19H2,1H3,(H,21,25);1H. The minimum Gasteiger partial charge on any atom is -0.341 e. The van der Waals surface area contributed by atoms with Crippen molar-refractivity contribution in [2.24, 2.45) is 5.73 Å². The molecule has 1 aliphatic heterocycles. The van der Waals surface area contributed by atoms with Crippen LogP contribution in [0, 0.1) is 6.92 Å². The number of nitrogens with one attached hydrogen (secondary N) is 1. The molecule has 1 aromatic carbocycles. The Morgan fingerprint density at radius 3 is 2.58 bits per heavy atom. The topological polar surface area (TPSA) is 93.2 Å². The molecule has 0 aliphatic carbocycles. The maximum Gasteiger partial charge on any atom is 0.257 e. The van der Waals surface area contributed by atoms with E-state index in [0.717, 1.165) is 18.4 Å². The number of hydrogen-bond donors (Lipinski definition) is 2. The van der Waals surface area contributed by atoms with Crippen LogP contribution in [0.15, 0.2) is 36.5 Å². The lowest BCUT2D eigenvalue weighted by Gasteiger charge is -2.32. The first kappa shape index (κ1) is 19.9. The van der Waals surface area contributed by atoms with Gasteiger partial charge in [-0.15, -0.1) is 12.4 Å². The molecule has 2 aromatic rings. The highest BCUT2D eigenvalue weighted by molar-refractivity contribution is 6.04. The van der Waals surface area contributed by atoms with Gasteiger partial charge in [0.2, 0.25) is 5.91 Å². The fourth-order valence-electron chi connectivity index (χ4n) is 3.20. The molecule has 2 amide bonds. The quantitative estimate of drug-likeness (QED) is 0.852. The number of halogens is 1. The Hall–Kier alpha value is -2.38. The predicted molar refractivity (Wildman–Crippen MR) is 103 cm³/mol. The largest absolute Gasteiger partial charge is 0.341 e. The van der Waals surface area contributed by atoms with Gasteiger partial charge in [0.15, 0.2) is 0 Å². The van der Waals surface area contributed by atoms with Crippen molar-refractivity contribution >= 4 is 30.0 Å². The van der Waals surface area contributed by atoms with Gasteiger partial charge in [0, 0.05) is 24.7 Å². The van der Waals surface area contributed by atoms with E-state index in [9.17, 15) is 9.59 Å². The van der Waals surface area contributed by atoms with Crippen molar-refractivity contribution in [2.75, 3.05) is 25.0 Å². The zero-order valence-electron chi connectivity index (χ0n) is 14.7. The number of likely N-dealkylation sites (tertiary alicyclic amines) is 1. The van der Waals surface area contributed by atoms with Crippen molar-refractivity contribution in [3.05, 3.63) is 47.7 Å². The Kier molecular flexibility index (Phi) is 6.76. The summed E-state index contributed by atoms with van der Waals surface area (Å²) in [5.74, 6) is 0.513. The van der Waals surface area contributed by atoms with Crippen LogP contribution in [-0.2, 0) is 4.79 Å². The third-order valence-corrected chi connectivity index (χ3v) is 4.64. The minimum absolute atomic E-state index is 0. The molecule has 1 aliphatic rings. The van der Waals surface area contributed by atoms with Gasteiger partial charge in [-0.3, -0.25) is 9.59 Å². The van der Waals surface area contributed by atoms with Crippen LogP contribution in [0.25, 0.3) is 0 Å². The Balaban J connectivity index is 0.00000243. The number of aryl methyl sites for hydroxylation is 1. The summed E-state index contributed by atoms with van der Waals surface area (Å²) in [5, 5.41) is 7.32. The van der Waals surface area contributed by atoms with Crippen molar-refractivity contribution in [3.63, 3.8) is 0 Å². The zero-order chi connectivity index (χ0) is 17.8. The maximum atomic E-state index is 12.5. The first-order valence-corrected chi connectivity index (χ1v) is 8.48. The lowest BCUT2D eigenvalue weighted by Crippen LogP contribution is -2.42. The summed E-state index contributed by atoms with van der Waals surface area (Å²) in [6, 6.07) is 9.44. The number of nitrogens with two attached hydrogens (primary N) is 1. The molecule has 8 heteroatoms. The highest BCUT2D eigenvalue weighted by Gasteiger charge is 2.25. The van der Waals surface area contributed by atoms with Crippen molar-refractivity contribution in [1.29, 1.82) is 0 Å². The second-order valence-corrected chi connectivity index (χ2v) is 6.25. The molecule has 0 radical (unpaired) electrons. The molecule has 26 heavy (non-hydrogen) atoms. The third kappa shape index (κ3) is 4.23. The molecule has 0 atom stereocenters. The van der Waals surface area contributed by atoms with E-state index in [4.69, 9.17) is 5.73 Å². The first-order chi connectivity index (χ1) is 12.1. The van der Waals surface area contributed by atoms with Gasteiger partial charge in [0.1, 0.15) is 5.82 Å². The number of rotatable bonds is 4. The number of benzene rings is 1. The van der Waals surface area contributed by atoms with Crippen molar-refractivity contribution in [3.8, 4) is 0 Å². The molecular formula is C18H24ClN5O2. The number of carbonyl (C=O) groups excluding carboxylic acids is 2. The average molecular weight is 378 g/mol. The van der Waals surface area contributed by atoms with Crippen molar-refractivity contribution in [1.82, 2.24) is 14.7 Å². The third-order valence-electron chi connectivity index (χ3n) is 4.64. The minimum atomic E-state index is -0.143. The van der Waals surface area contributed by atoms with Gasteiger partial charge in [0.25, 0.3) is 5.91 Å². The maximum absolute atomic E-state index is 12.5. The summed E-state index contributed by atoms with van der Waals surface area (Å²) in [6.45, 7) is 3.28. The first-order valence-electron chi connectivity index (χ1n) is 8.48. The summed E-state index contributed by atoms with van der Waals surface area (Å²) in [5.41, 5.74) is 7.00. The van der Waals surface area contributed by atoms with Crippen molar-refractivity contribution < 1.29 is 9.59 Å². The number of carbonyl (C=O) groups is 2.